The fourth-order valence-corrected chi connectivity index (χ4v) is 6.51. The molecule has 3 heterocycles. The molecule has 0 aliphatic carbocycles. The maximum Gasteiger partial charge on any atom is 0.145 e. The van der Waals surface area contributed by atoms with Gasteiger partial charge in [0.25, 0.3) is 0 Å². The Hall–Kier alpha value is -5.67. The molecule has 0 unspecified atom stereocenters. The van der Waals surface area contributed by atoms with Gasteiger partial charge in [-0.1, -0.05) is 103 Å². The van der Waals surface area contributed by atoms with Crippen molar-refractivity contribution in [2.75, 3.05) is 0 Å². The van der Waals surface area contributed by atoms with Crippen molar-refractivity contribution in [2.24, 2.45) is 0 Å². The van der Waals surface area contributed by atoms with E-state index in [0.717, 1.165) is 77.3 Å². The molecule has 42 heavy (non-hydrogen) atoms. The van der Waals surface area contributed by atoms with Crippen LogP contribution in [0.4, 0.5) is 0 Å². The van der Waals surface area contributed by atoms with E-state index in [1.807, 2.05) is 6.07 Å². The number of hydrogen-bond acceptors (Lipinski definition) is 2. The first-order valence-electron chi connectivity index (χ1n) is 14.2. The van der Waals surface area contributed by atoms with E-state index in [1.54, 1.807) is 0 Å². The Morgan fingerprint density at radius 3 is 2.05 bits per heavy atom. The SMILES string of the molecule is c1ccc(-c2cc3ccccc3c(-c3cccc4c3oc3c4ccc4c3c3ccccc3n4-c3ccccc3)n2)cc1. The number of furan rings is 1. The fourth-order valence-electron chi connectivity index (χ4n) is 6.51. The van der Waals surface area contributed by atoms with Crippen molar-refractivity contribution in [1.29, 1.82) is 0 Å². The molecule has 3 aromatic heterocycles. The molecule has 6 aromatic carbocycles. The zero-order chi connectivity index (χ0) is 27.6. The van der Waals surface area contributed by atoms with Gasteiger partial charge >= 0.3 is 0 Å². The van der Waals surface area contributed by atoms with Gasteiger partial charge in [-0.25, -0.2) is 4.98 Å². The molecule has 0 saturated heterocycles. The van der Waals surface area contributed by atoms with Gasteiger partial charge in [0.2, 0.25) is 0 Å². The van der Waals surface area contributed by atoms with Crippen LogP contribution in [0.1, 0.15) is 0 Å². The summed E-state index contributed by atoms with van der Waals surface area (Å²) >= 11 is 0. The normalized spacial score (nSPS) is 11.8. The monoisotopic (exact) mass is 536 g/mol. The molecular formula is C39H24N2O. The number of nitrogens with zero attached hydrogens (tertiary/aromatic N) is 2. The Kier molecular flexibility index (Phi) is 4.90. The molecular weight excluding hydrogens is 512 g/mol. The van der Waals surface area contributed by atoms with Gasteiger partial charge in [0.15, 0.2) is 0 Å². The Balaban J connectivity index is 1.38. The zero-order valence-electron chi connectivity index (χ0n) is 22.7. The van der Waals surface area contributed by atoms with Crippen molar-refractivity contribution < 1.29 is 4.42 Å². The highest BCUT2D eigenvalue weighted by Crippen LogP contribution is 2.43. The molecule has 0 atom stereocenters. The van der Waals surface area contributed by atoms with Gasteiger partial charge in [-0.15, -0.1) is 0 Å². The lowest BCUT2D eigenvalue weighted by molar-refractivity contribution is 0.674. The molecule has 3 heteroatoms. The molecule has 0 fully saturated rings. The number of benzene rings is 6. The van der Waals surface area contributed by atoms with E-state index in [1.165, 1.54) is 5.39 Å². The second-order valence-corrected chi connectivity index (χ2v) is 10.8. The van der Waals surface area contributed by atoms with Crippen molar-refractivity contribution in [3.05, 3.63) is 146 Å². The summed E-state index contributed by atoms with van der Waals surface area (Å²) in [6.07, 6.45) is 0. The minimum absolute atomic E-state index is 0.861. The second kappa shape index (κ2) is 8.92. The van der Waals surface area contributed by atoms with Crippen LogP contribution in [0.3, 0.4) is 0 Å². The summed E-state index contributed by atoms with van der Waals surface area (Å²) in [6, 6.07) is 51.0. The van der Waals surface area contributed by atoms with Crippen molar-refractivity contribution >= 4 is 54.5 Å². The molecule has 9 aromatic rings. The van der Waals surface area contributed by atoms with Gasteiger partial charge in [-0.3, -0.25) is 0 Å². The molecule has 0 N–H and O–H groups in total. The Morgan fingerprint density at radius 1 is 0.500 bits per heavy atom. The third-order valence-electron chi connectivity index (χ3n) is 8.38. The van der Waals surface area contributed by atoms with E-state index in [9.17, 15) is 0 Å². The number of aromatic nitrogens is 2. The van der Waals surface area contributed by atoms with Gasteiger partial charge < -0.3 is 8.98 Å². The van der Waals surface area contributed by atoms with Crippen molar-refractivity contribution in [1.82, 2.24) is 9.55 Å². The number of fused-ring (bicyclic) bond motifs is 8. The first-order chi connectivity index (χ1) is 20.8. The van der Waals surface area contributed by atoms with E-state index in [4.69, 9.17) is 9.40 Å². The van der Waals surface area contributed by atoms with E-state index in [0.29, 0.717) is 0 Å². The summed E-state index contributed by atoms with van der Waals surface area (Å²) in [4.78, 5) is 5.25. The summed E-state index contributed by atoms with van der Waals surface area (Å²) in [5.41, 5.74) is 9.16. The first-order valence-corrected chi connectivity index (χ1v) is 14.2. The second-order valence-electron chi connectivity index (χ2n) is 10.8. The van der Waals surface area contributed by atoms with Gasteiger partial charge in [0.1, 0.15) is 11.2 Å². The maximum atomic E-state index is 6.95. The zero-order valence-corrected chi connectivity index (χ0v) is 22.7. The summed E-state index contributed by atoms with van der Waals surface area (Å²) in [7, 11) is 0. The molecule has 0 aliphatic rings. The highest BCUT2D eigenvalue weighted by Gasteiger charge is 2.21. The minimum Gasteiger partial charge on any atom is -0.455 e. The molecule has 0 radical (unpaired) electrons. The van der Waals surface area contributed by atoms with E-state index >= 15 is 0 Å². The van der Waals surface area contributed by atoms with E-state index in [2.05, 4.69) is 144 Å². The Bertz CT molecular complexity index is 2450. The van der Waals surface area contributed by atoms with Gasteiger partial charge in [-0.05, 0) is 47.9 Å². The molecule has 3 nitrogen and oxygen atoms in total. The summed E-state index contributed by atoms with van der Waals surface area (Å²) in [5, 5.41) is 6.77. The average Bonchev–Trinajstić information content (AvgIpc) is 3.61. The summed E-state index contributed by atoms with van der Waals surface area (Å²) in [5.74, 6) is 0. The van der Waals surface area contributed by atoms with Crippen LogP contribution in [0.2, 0.25) is 0 Å². The van der Waals surface area contributed by atoms with Crippen molar-refractivity contribution in [3.63, 3.8) is 0 Å². The topological polar surface area (TPSA) is 31.0 Å². The molecule has 0 spiro atoms. The minimum atomic E-state index is 0.861. The van der Waals surface area contributed by atoms with Gasteiger partial charge in [0.05, 0.1) is 27.8 Å². The molecule has 0 saturated carbocycles. The first kappa shape index (κ1) is 23.1. The van der Waals surface area contributed by atoms with E-state index in [-0.39, 0.29) is 0 Å². The molecule has 0 bridgehead atoms. The largest absolute Gasteiger partial charge is 0.455 e. The summed E-state index contributed by atoms with van der Waals surface area (Å²) in [6.45, 7) is 0. The van der Waals surface area contributed by atoms with Crippen LogP contribution < -0.4 is 0 Å². The third-order valence-corrected chi connectivity index (χ3v) is 8.38. The number of hydrogen-bond donors (Lipinski definition) is 0. The van der Waals surface area contributed by atoms with Crippen LogP contribution in [0, 0.1) is 0 Å². The van der Waals surface area contributed by atoms with Crippen molar-refractivity contribution in [2.45, 2.75) is 0 Å². The molecule has 9 rings (SSSR count). The van der Waals surface area contributed by atoms with Crippen molar-refractivity contribution in [3.8, 4) is 28.2 Å². The fraction of sp³-hybridized carbons (Fsp3) is 0. The lowest BCUT2D eigenvalue weighted by Crippen LogP contribution is -1.92. The molecule has 0 aliphatic heterocycles. The van der Waals surface area contributed by atoms with Gasteiger partial charge in [0, 0.05) is 38.4 Å². The number of para-hydroxylation sites is 3. The predicted molar refractivity (Wildman–Crippen MR) is 174 cm³/mol. The summed E-state index contributed by atoms with van der Waals surface area (Å²) < 4.78 is 9.28. The van der Waals surface area contributed by atoms with E-state index < -0.39 is 0 Å². The average molecular weight is 537 g/mol. The van der Waals surface area contributed by atoms with Crippen LogP contribution >= 0.6 is 0 Å². The molecule has 0 amide bonds. The van der Waals surface area contributed by atoms with Crippen LogP contribution in [0.5, 0.6) is 0 Å². The highest BCUT2D eigenvalue weighted by atomic mass is 16.3. The van der Waals surface area contributed by atoms with Gasteiger partial charge in [-0.2, -0.15) is 0 Å². The van der Waals surface area contributed by atoms with Crippen LogP contribution in [0.15, 0.2) is 150 Å². The number of pyridine rings is 1. The van der Waals surface area contributed by atoms with Crippen LogP contribution in [-0.2, 0) is 0 Å². The van der Waals surface area contributed by atoms with Crippen LogP contribution in [-0.4, -0.2) is 9.55 Å². The quantitative estimate of drug-likeness (QED) is 0.225. The number of rotatable bonds is 3. The lowest BCUT2D eigenvalue weighted by atomic mass is 9.99. The highest BCUT2D eigenvalue weighted by molar-refractivity contribution is 6.25. The third kappa shape index (κ3) is 3.31. The smallest absolute Gasteiger partial charge is 0.145 e. The maximum absolute atomic E-state index is 6.95. The standard InChI is InChI=1S/C39H24N2O/c1-3-12-25(13-4-1)33-24-26-14-7-8-17-28(26)37(40-33)32-20-11-19-29-30-22-23-35-36(39(30)42-38(29)32)31-18-9-10-21-34(31)41(35)27-15-5-2-6-16-27/h1-24H. The predicted octanol–water partition coefficient (Wildman–Crippen LogP) is 10.6. The Morgan fingerprint density at radius 2 is 1.19 bits per heavy atom. The van der Waals surface area contributed by atoms with Crippen LogP contribution in [0.25, 0.3) is 82.7 Å². The lowest BCUT2D eigenvalue weighted by Gasteiger charge is -2.10. The Labute approximate surface area is 241 Å². The molecule has 196 valence electrons.